The topological polar surface area (TPSA) is 96.0 Å². The first-order valence-electron chi connectivity index (χ1n) is 13.9. The molecule has 0 saturated heterocycles. The maximum absolute atomic E-state index is 13.6. The molecule has 214 valence electrons. The van der Waals surface area contributed by atoms with Crippen LogP contribution in [0.3, 0.4) is 0 Å². The average Bonchev–Trinajstić information content (AvgIpc) is 2.91. The highest BCUT2D eigenvalue weighted by Crippen LogP contribution is 2.24. The van der Waals surface area contributed by atoms with Crippen molar-refractivity contribution in [2.75, 3.05) is 24.2 Å². The number of aryl methyl sites for hydroxylation is 1. The highest BCUT2D eigenvalue weighted by atomic mass is 32.2. The van der Waals surface area contributed by atoms with Crippen molar-refractivity contribution in [2.45, 2.75) is 83.8 Å². The van der Waals surface area contributed by atoms with Crippen LogP contribution in [0.15, 0.2) is 48.5 Å². The Bertz CT molecular complexity index is 1190. The van der Waals surface area contributed by atoms with Gasteiger partial charge >= 0.3 is 0 Å². The van der Waals surface area contributed by atoms with Gasteiger partial charge in [-0.3, -0.25) is 13.9 Å². The summed E-state index contributed by atoms with van der Waals surface area (Å²) in [6.45, 7) is 4.40. The van der Waals surface area contributed by atoms with Crippen LogP contribution in [-0.4, -0.2) is 57.1 Å². The molecule has 0 bridgehead atoms. The monoisotopic (exact) mass is 557 g/mol. The third kappa shape index (κ3) is 8.98. The molecule has 1 aliphatic rings. The van der Waals surface area contributed by atoms with Gasteiger partial charge in [-0.05, 0) is 50.3 Å². The number of hydrogen-bond acceptors (Lipinski definition) is 5. The summed E-state index contributed by atoms with van der Waals surface area (Å²) < 4.78 is 31.7. The second-order valence-corrected chi connectivity index (χ2v) is 12.3. The normalized spacial score (nSPS) is 14.9. The van der Waals surface area contributed by atoms with Crippen LogP contribution in [-0.2, 0) is 26.2 Å². The summed E-state index contributed by atoms with van der Waals surface area (Å²) in [5.41, 5.74) is 2.56. The molecule has 0 unspecified atom stereocenters. The Morgan fingerprint density at radius 3 is 2.38 bits per heavy atom. The molecule has 9 heteroatoms. The van der Waals surface area contributed by atoms with Crippen molar-refractivity contribution in [1.82, 2.24) is 10.2 Å². The van der Waals surface area contributed by atoms with Gasteiger partial charge in [0, 0.05) is 31.6 Å². The lowest BCUT2D eigenvalue weighted by Crippen LogP contribution is -2.51. The second kappa shape index (κ2) is 14.4. The van der Waals surface area contributed by atoms with Gasteiger partial charge in [0.1, 0.15) is 11.8 Å². The standard InChI is InChI=1S/C30H43N3O5S/c1-5-28(30(35)31-25-11-7-6-8-12-25)32(22-24-18-16-23(2)17-19-24)29(34)15-10-20-33(39(4,36)37)26-13-9-14-27(21-26)38-3/h9,13-14,16-19,21,25,28H,5-8,10-12,15,20,22H2,1-4H3,(H,31,35)/t28-/m0/s1. The lowest BCUT2D eigenvalue weighted by molar-refractivity contribution is -0.141. The van der Waals surface area contributed by atoms with Crippen molar-refractivity contribution in [3.8, 4) is 5.75 Å². The number of carbonyl (C=O) groups is 2. The highest BCUT2D eigenvalue weighted by Gasteiger charge is 2.30. The fraction of sp³-hybridized carbons (Fsp3) is 0.533. The zero-order chi connectivity index (χ0) is 28.4. The molecular formula is C30H43N3O5S. The van der Waals surface area contributed by atoms with Crippen LogP contribution >= 0.6 is 0 Å². The van der Waals surface area contributed by atoms with Crippen molar-refractivity contribution in [1.29, 1.82) is 0 Å². The summed E-state index contributed by atoms with van der Waals surface area (Å²) in [5, 5.41) is 3.19. The highest BCUT2D eigenvalue weighted by molar-refractivity contribution is 7.92. The van der Waals surface area contributed by atoms with Crippen molar-refractivity contribution in [3.63, 3.8) is 0 Å². The molecule has 8 nitrogen and oxygen atoms in total. The molecule has 2 amide bonds. The van der Waals surface area contributed by atoms with Crippen LogP contribution < -0.4 is 14.4 Å². The molecule has 0 spiro atoms. The van der Waals surface area contributed by atoms with Gasteiger partial charge in [0.2, 0.25) is 21.8 Å². The smallest absolute Gasteiger partial charge is 0.243 e. The number of rotatable bonds is 13. The first-order chi connectivity index (χ1) is 18.6. The third-order valence-electron chi connectivity index (χ3n) is 7.30. The van der Waals surface area contributed by atoms with Crippen LogP contribution in [0, 0.1) is 6.92 Å². The number of hydrogen-bond donors (Lipinski definition) is 1. The lowest BCUT2D eigenvalue weighted by atomic mass is 9.95. The predicted octanol–water partition coefficient (Wildman–Crippen LogP) is 4.81. The molecule has 2 aromatic carbocycles. The largest absolute Gasteiger partial charge is 0.497 e. The van der Waals surface area contributed by atoms with E-state index in [1.807, 2.05) is 38.1 Å². The molecule has 0 aromatic heterocycles. The van der Waals surface area contributed by atoms with E-state index in [2.05, 4.69) is 5.32 Å². The third-order valence-corrected chi connectivity index (χ3v) is 8.50. The number of amides is 2. The quantitative estimate of drug-likeness (QED) is 0.382. The Balaban J connectivity index is 1.75. The van der Waals surface area contributed by atoms with E-state index in [0.717, 1.165) is 43.1 Å². The van der Waals surface area contributed by atoms with Gasteiger partial charge in [-0.15, -0.1) is 0 Å². The number of nitrogens with zero attached hydrogens (tertiary/aromatic N) is 2. The van der Waals surface area contributed by atoms with Gasteiger partial charge in [-0.25, -0.2) is 8.42 Å². The molecule has 2 aromatic rings. The van der Waals surface area contributed by atoms with Gasteiger partial charge in [0.25, 0.3) is 0 Å². The summed E-state index contributed by atoms with van der Waals surface area (Å²) in [7, 11) is -2.05. The van der Waals surface area contributed by atoms with Crippen LogP contribution in [0.5, 0.6) is 5.75 Å². The molecule has 1 atom stereocenters. The van der Waals surface area contributed by atoms with Gasteiger partial charge < -0.3 is 15.0 Å². The number of sulfonamides is 1. The summed E-state index contributed by atoms with van der Waals surface area (Å²) in [6.07, 6.45) is 7.44. The van der Waals surface area contributed by atoms with Crippen LogP contribution in [0.1, 0.15) is 69.4 Å². The van der Waals surface area contributed by atoms with Gasteiger partial charge in [0.15, 0.2) is 0 Å². The molecular weight excluding hydrogens is 514 g/mol. The average molecular weight is 558 g/mol. The molecule has 39 heavy (non-hydrogen) atoms. The molecule has 1 N–H and O–H groups in total. The molecule has 0 radical (unpaired) electrons. The Kier molecular flexibility index (Phi) is 11.2. The SMILES string of the molecule is CC[C@@H](C(=O)NC1CCCCC1)N(Cc1ccc(C)cc1)C(=O)CCCN(c1cccc(OC)c1)S(C)(=O)=O. The van der Waals surface area contributed by atoms with E-state index in [1.165, 1.54) is 17.8 Å². The molecule has 0 aliphatic heterocycles. The Labute approximate surface area is 233 Å². The zero-order valence-corrected chi connectivity index (χ0v) is 24.5. The summed E-state index contributed by atoms with van der Waals surface area (Å²) >= 11 is 0. The molecule has 0 heterocycles. The molecule has 1 fully saturated rings. The Hall–Kier alpha value is -3.07. The van der Waals surface area contributed by atoms with E-state index in [4.69, 9.17) is 4.74 Å². The molecule has 1 saturated carbocycles. The van der Waals surface area contributed by atoms with Gasteiger partial charge in [-0.2, -0.15) is 0 Å². The van der Waals surface area contributed by atoms with Crippen molar-refractivity contribution in [2.24, 2.45) is 0 Å². The number of ether oxygens (including phenoxy) is 1. The van der Waals surface area contributed by atoms with E-state index in [1.54, 1.807) is 29.2 Å². The van der Waals surface area contributed by atoms with Crippen molar-refractivity contribution >= 4 is 27.5 Å². The minimum Gasteiger partial charge on any atom is -0.497 e. The van der Waals surface area contributed by atoms with Crippen molar-refractivity contribution in [3.05, 3.63) is 59.7 Å². The van der Waals surface area contributed by atoms with E-state index >= 15 is 0 Å². The summed E-state index contributed by atoms with van der Waals surface area (Å²) in [6, 6.07) is 14.4. The number of methoxy groups -OCH3 is 1. The van der Waals surface area contributed by atoms with Gasteiger partial charge in [0.05, 0.1) is 19.1 Å². The Morgan fingerprint density at radius 2 is 1.77 bits per heavy atom. The molecule has 3 rings (SSSR count). The fourth-order valence-corrected chi connectivity index (χ4v) is 6.08. The second-order valence-electron chi connectivity index (χ2n) is 10.4. The summed E-state index contributed by atoms with van der Waals surface area (Å²) in [5.74, 6) is 0.274. The Morgan fingerprint density at radius 1 is 1.08 bits per heavy atom. The first-order valence-corrected chi connectivity index (χ1v) is 15.7. The number of anilines is 1. The number of benzene rings is 2. The van der Waals surface area contributed by atoms with Crippen LogP contribution in [0.25, 0.3) is 0 Å². The van der Waals surface area contributed by atoms with E-state index in [-0.39, 0.29) is 30.8 Å². The van der Waals surface area contributed by atoms with E-state index in [0.29, 0.717) is 30.8 Å². The maximum atomic E-state index is 13.6. The lowest BCUT2D eigenvalue weighted by Gasteiger charge is -2.33. The summed E-state index contributed by atoms with van der Waals surface area (Å²) in [4.78, 5) is 28.7. The predicted molar refractivity (Wildman–Crippen MR) is 155 cm³/mol. The molecule has 1 aliphatic carbocycles. The van der Waals surface area contributed by atoms with Crippen LogP contribution in [0.2, 0.25) is 0 Å². The minimum atomic E-state index is -3.58. The van der Waals surface area contributed by atoms with E-state index in [9.17, 15) is 18.0 Å². The first kappa shape index (κ1) is 30.5. The maximum Gasteiger partial charge on any atom is 0.243 e. The van der Waals surface area contributed by atoms with Gasteiger partial charge in [-0.1, -0.05) is 62.1 Å². The number of carbonyl (C=O) groups excluding carboxylic acids is 2. The van der Waals surface area contributed by atoms with E-state index < -0.39 is 16.1 Å². The number of nitrogens with one attached hydrogen (secondary N) is 1. The van der Waals surface area contributed by atoms with Crippen molar-refractivity contribution < 1.29 is 22.7 Å². The van der Waals surface area contributed by atoms with Crippen LogP contribution in [0.4, 0.5) is 5.69 Å². The minimum absolute atomic E-state index is 0.112. The zero-order valence-electron chi connectivity index (χ0n) is 23.7. The fourth-order valence-electron chi connectivity index (χ4n) is 5.12.